The molecule has 1 aromatic carbocycles. The number of carbonyl (C=O) groups is 1. The lowest BCUT2D eigenvalue weighted by Crippen LogP contribution is -2.09. The van der Waals surface area contributed by atoms with E-state index in [1.165, 1.54) is 0 Å². The second-order valence-corrected chi connectivity index (χ2v) is 2.70. The molecule has 0 aliphatic carbocycles. The number of hydrogen-bond donors (Lipinski definition) is 0. The summed E-state index contributed by atoms with van der Waals surface area (Å²) in [6.45, 7) is -2.28. The Labute approximate surface area is 82.5 Å². The van der Waals surface area contributed by atoms with Gasteiger partial charge in [-0.25, -0.2) is 8.78 Å². The lowest BCUT2D eigenvalue weighted by atomic mass is 10.1. The number of benzene rings is 1. The van der Waals surface area contributed by atoms with Gasteiger partial charge >= 0.3 is 6.61 Å². The van der Waals surface area contributed by atoms with Crippen LogP contribution in [-0.4, -0.2) is 12.4 Å². The average Bonchev–Trinajstić information content (AvgIpc) is 2.08. The third kappa shape index (κ3) is 2.68. The Bertz CT molecular complexity index is 390. The molecule has 0 N–H and O–H groups in total. The van der Waals surface area contributed by atoms with E-state index in [4.69, 9.17) is 0 Å². The van der Waals surface area contributed by atoms with E-state index >= 15 is 0 Å². The molecule has 0 heterocycles. The Morgan fingerprint density at radius 1 is 1.33 bits per heavy atom. The summed E-state index contributed by atoms with van der Waals surface area (Å²) in [6, 6.07) is 1.01. The molecule has 0 amide bonds. The number of ether oxygens (including phenoxy) is 1. The first kappa shape index (κ1) is 11.5. The Morgan fingerprint density at radius 2 is 1.93 bits per heavy atom. The third-order valence-corrected chi connectivity index (χ3v) is 1.59. The fourth-order valence-corrected chi connectivity index (χ4v) is 1.03. The van der Waals surface area contributed by atoms with Crippen molar-refractivity contribution in [2.75, 3.05) is 0 Å². The van der Waals surface area contributed by atoms with E-state index in [-0.39, 0.29) is 0 Å². The van der Waals surface area contributed by atoms with E-state index in [1.807, 2.05) is 0 Å². The van der Waals surface area contributed by atoms with Gasteiger partial charge in [-0.3, -0.25) is 4.79 Å². The van der Waals surface area contributed by atoms with Gasteiger partial charge in [-0.15, -0.1) is 0 Å². The summed E-state index contributed by atoms with van der Waals surface area (Å²) in [7, 11) is 0. The quantitative estimate of drug-likeness (QED) is 0.580. The average molecular weight is 222 g/mol. The molecule has 15 heavy (non-hydrogen) atoms. The minimum absolute atomic E-state index is 0.365. The molecule has 2 nitrogen and oxygen atoms in total. The topological polar surface area (TPSA) is 26.3 Å². The van der Waals surface area contributed by atoms with Crippen molar-refractivity contribution in [3.63, 3.8) is 0 Å². The number of ketones is 1. The molecule has 0 unspecified atom stereocenters. The Balaban J connectivity index is 3.27. The minimum atomic E-state index is -3.27. The fraction of sp³-hybridized carbons (Fsp3) is 0.222. The van der Waals surface area contributed by atoms with Gasteiger partial charge in [0.1, 0.15) is 5.82 Å². The highest BCUT2D eigenvalue weighted by Gasteiger charge is 2.19. The molecular weight excluding hydrogens is 216 g/mol. The predicted molar refractivity (Wildman–Crippen MR) is 43.0 cm³/mol. The largest absolute Gasteiger partial charge is 0.431 e. The first-order valence-electron chi connectivity index (χ1n) is 3.86. The molecule has 0 saturated heterocycles. The van der Waals surface area contributed by atoms with Gasteiger partial charge in [-0.2, -0.15) is 8.78 Å². The lowest BCUT2D eigenvalue weighted by Gasteiger charge is -2.09. The zero-order valence-corrected chi connectivity index (χ0v) is 7.56. The van der Waals surface area contributed by atoms with E-state index in [1.54, 1.807) is 0 Å². The maximum absolute atomic E-state index is 13.0. The molecule has 1 aromatic rings. The molecule has 0 fully saturated rings. The number of carbonyl (C=O) groups excluding carboxylic acids is 1. The highest BCUT2D eigenvalue weighted by atomic mass is 19.3. The van der Waals surface area contributed by atoms with Crippen molar-refractivity contribution in [1.29, 1.82) is 0 Å². The van der Waals surface area contributed by atoms with Crippen LogP contribution < -0.4 is 4.74 Å². The van der Waals surface area contributed by atoms with Gasteiger partial charge in [0.25, 0.3) is 0 Å². The van der Waals surface area contributed by atoms with Crippen LogP contribution in [0.4, 0.5) is 17.6 Å². The van der Waals surface area contributed by atoms with Crippen LogP contribution in [0, 0.1) is 11.6 Å². The first-order chi connectivity index (χ1) is 6.91. The Morgan fingerprint density at radius 3 is 2.40 bits per heavy atom. The van der Waals surface area contributed by atoms with Crippen molar-refractivity contribution in [1.82, 2.24) is 0 Å². The highest BCUT2D eigenvalue weighted by molar-refractivity contribution is 5.96. The Kier molecular flexibility index (Phi) is 3.28. The van der Waals surface area contributed by atoms with E-state index in [0.717, 1.165) is 6.92 Å². The highest BCUT2D eigenvalue weighted by Crippen LogP contribution is 2.26. The molecule has 0 spiro atoms. The SMILES string of the molecule is CC(=O)c1cc(F)cc(F)c1OC(F)F. The fourth-order valence-electron chi connectivity index (χ4n) is 1.03. The molecule has 82 valence electrons. The molecule has 6 heteroatoms. The smallest absolute Gasteiger partial charge is 0.387 e. The number of halogens is 4. The van der Waals surface area contributed by atoms with Crippen molar-refractivity contribution in [2.24, 2.45) is 0 Å². The molecule has 0 radical (unpaired) electrons. The second-order valence-electron chi connectivity index (χ2n) is 2.70. The molecular formula is C9H6F4O2. The zero-order valence-electron chi connectivity index (χ0n) is 7.56. The summed E-state index contributed by atoms with van der Waals surface area (Å²) in [4.78, 5) is 10.9. The predicted octanol–water partition coefficient (Wildman–Crippen LogP) is 2.77. The monoisotopic (exact) mass is 222 g/mol. The van der Waals surface area contributed by atoms with E-state index < -0.39 is 35.3 Å². The van der Waals surface area contributed by atoms with Gasteiger partial charge in [-0.05, 0) is 13.0 Å². The molecule has 0 aliphatic heterocycles. The number of Topliss-reactive ketones (excluding diaryl/α,β-unsaturated/α-hetero) is 1. The standard InChI is InChI=1S/C9H6F4O2/c1-4(14)6-2-5(10)3-7(11)8(6)15-9(12)13/h2-3,9H,1H3. The van der Waals surface area contributed by atoms with Crippen LogP contribution in [0.15, 0.2) is 12.1 Å². The summed E-state index contributed by atoms with van der Waals surface area (Å²) in [6.07, 6.45) is 0. The van der Waals surface area contributed by atoms with Crippen molar-refractivity contribution < 1.29 is 27.1 Å². The first-order valence-corrected chi connectivity index (χ1v) is 3.86. The molecule has 0 aliphatic rings. The second kappa shape index (κ2) is 4.29. The molecule has 0 aromatic heterocycles. The minimum Gasteiger partial charge on any atom is -0.431 e. The van der Waals surface area contributed by atoms with Crippen LogP contribution in [0.1, 0.15) is 17.3 Å². The van der Waals surface area contributed by atoms with Crippen LogP contribution >= 0.6 is 0 Å². The van der Waals surface area contributed by atoms with Gasteiger partial charge in [0.05, 0.1) is 5.56 Å². The van der Waals surface area contributed by atoms with Gasteiger partial charge in [-0.1, -0.05) is 0 Å². The van der Waals surface area contributed by atoms with Crippen molar-refractivity contribution >= 4 is 5.78 Å². The van der Waals surface area contributed by atoms with Gasteiger partial charge in [0.15, 0.2) is 17.3 Å². The van der Waals surface area contributed by atoms with Crippen LogP contribution in [0.5, 0.6) is 5.75 Å². The van der Waals surface area contributed by atoms with E-state index in [0.29, 0.717) is 12.1 Å². The van der Waals surface area contributed by atoms with E-state index in [9.17, 15) is 22.4 Å². The van der Waals surface area contributed by atoms with Crippen molar-refractivity contribution in [3.05, 3.63) is 29.3 Å². The molecule has 0 saturated carbocycles. The van der Waals surface area contributed by atoms with Crippen molar-refractivity contribution in [2.45, 2.75) is 13.5 Å². The molecule has 0 atom stereocenters. The van der Waals surface area contributed by atoms with Gasteiger partial charge < -0.3 is 4.74 Å². The van der Waals surface area contributed by atoms with Crippen LogP contribution in [0.3, 0.4) is 0 Å². The molecule has 0 bridgehead atoms. The maximum atomic E-state index is 13.0. The summed E-state index contributed by atoms with van der Waals surface area (Å²) in [5, 5.41) is 0. The summed E-state index contributed by atoms with van der Waals surface area (Å²) < 4.78 is 53.1. The lowest BCUT2D eigenvalue weighted by molar-refractivity contribution is -0.0525. The maximum Gasteiger partial charge on any atom is 0.387 e. The van der Waals surface area contributed by atoms with Crippen LogP contribution in [0.25, 0.3) is 0 Å². The number of rotatable bonds is 3. The van der Waals surface area contributed by atoms with Gasteiger partial charge in [0, 0.05) is 6.07 Å². The Hall–Kier alpha value is -1.59. The number of hydrogen-bond acceptors (Lipinski definition) is 2. The summed E-state index contributed by atoms with van der Waals surface area (Å²) >= 11 is 0. The summed E-state index contributed by atoms with van der Waals surface area (Å²) in [5.41, 5.74) is -0.548. The van der Waals surface area contributed by atoms with E-state index in [2.05, 4.69) is 4.74 Å². The van der Waals surface area contributed by atoms with Crippen LogP contribution in [-0.2, 0) is 0 Å². The number of alkyl halides is 2. The van der Waals surface area contributed by atoms with Gasteiger partial charge in [0.2, 0.25) is 0 Å². The van der Waals surface area contributed by atoms with Crippen LogP contribution in [0.2, 0.25) is 0 Å². The normalized spacial score (nSPS) is 10.5. The summed E-state index contributed by atoms with van der Waals surface area (Å²) in [5.74, 6) is -4.05. The zero-order chi connectivity index (χ0) is 11.6. The van der Waals surface area contributed by atoms with Crippen molar-refractivity contribution in [3.8, 4) is 5.75 Å². The third-order valence-electron chi connectivity index (χ3n) is 1.59. The molecule has 1 rings (SSSR count).